The summed E-state index contributed by atoms with van der Waals surface area (Å²) in [5.74, 6) is 0. The molecule has 0 unspecified atom stereocenters. The first kappa shape index (κ1) is 33.1. The van der Waals surface area contributed by atoms with Crippen molar-refractivity contribution in [1.82, 2.24) is 4.57 Å². The molecule has 2 aromatic heterocycles. The number of benzene rings is 9. The van der Waals surface area contributed by atoms with Gasteiger partial charge in [-0.05, 0) is 80.6 Å². The fourth-order valence-corrected chi connectivity index (χ4v) is 11.6. The summed E-state index contributed by atoms with van der Waals surface area (Å²) in [4.78, 5) is 2.52. The Kier molecular flexibility index (Phi) is 6.57. The first-order valence-corrected chi connectivity index (χ1v) is 21.2. The summed E-state index contributed by atoms with van der Waals surface area (Å²) in [5, 5.41) is 3.54. The first-order chi connectivity index (χ1) is 30.3. The fraction of sp³-hybridized carbons (Fsp3) is 0.0175. The van der Waals surface area contributed by atoms with E-state index < -0.39 is 5.41 Å². The number of nitrogens with zero attached hydrogens (tertiary/aromatic N) is 2. The molecule has 3 aliphatic rings. The van der Waals surface area contributed by atoms with Gasteiger partial charge >= 0.3 is 0 Å². The van der Waals surface area contributed by atoms with Crippen LogP contribution < -0.4 is 21.3 Å². The Labute approximate surface area is 353 Å². The van der Waals surface area contributed by atoms with Crippen LogP contribution in [0.1, 0.15) is 22.3 Å². The molecule has 0 spiro atoms. The Hall–Kier alpha value is -7.82. The van der Waals surface area contributed by atoms with E-state index in [9.17, 15) is 0 Å². The average Bonchev–Trinajstić information content (AvgIpc) is 3.99. The monoisotopic (exact) mass is 774 g/mol. The molecular formula is C57H35BN2O. The number of rotatable bonds is 4. The van der Waals surface area contributed by atoms with Crippen LogP contribution in [0.25, 0.3) is 60.9 Å². The molecule has 0 radical (unpaired) electrons. The predicted octanol–water partition coefficient (Wildman–Crippen LogP) is 12.2. The molecule has 11 aromatic rings. The molecule has 3 nitrogen and oxygen atoms in total. The highest BCUT2D eigenvalue weighted by molar-refractivity contribution is 7.00. The van der Waals surface area contributed by atoms with Crippen molar-refractivity contribution in [2.45, 2.75) is 5.41 Å². The summed E-state index contributed by atoms with van der Waals surface area (Å²) in [6.07, 6.45) is 0. The lowest BCUT2D eigenvalue weighted by Gasteiger charge is -2.40. The summed E-state index contributed by atoms with van der Waals surface area (Å²) >= 11 is 0. The molecule has 0 N–H and O–H groups in total. The van der Waals surface area contributed by atoms with Gasteiger partial charge in [0.25, 0.3) is 6.71 Å². The van der Waals surface area contributed by atoms with Crippen molar-refractivity contribution in [3.05, 3.63) is 235 Å². The number of furan rings is 1. The topological polar surface area (TPSA) is 21.3 Å². The number of fused-ring (bicyclic) bond motifs is 12. The van der Waals surface area contributed by atoms with Gasteiger partial charge in [-0.15, -0.1) is 0 Å². The molecular weight excluding hydrogens is 739 g/mol. The largest absolute Gasteiger partial charge is 0.456 e. The Morgan fingerprint density at radius 2 is 1.08 bits per heavy atom. The van der Waals surface area contributed by atoms with Gasteiger partial charge in [-0.1, -0.05) is 176 Å². The molecule has 0 saturated heterocycles. The SMILES string of the molecule is c1ccc(-c2ccc3c(c2)B2c4c(cccc4-n4c5c(c6cccc2c64)C(c2ccccc2)(c2ccccc2)c2ccccc2-5)N3c2cccc3oc4ccccc4c23)cc1. The van der Waals surface area contributed by atoms with Crippen LogP contribution in [0.3, 0.4) is 0 Å². The molecule has 0 bridgehead atoms. The van der Waals surface area contributed by atoms with Crippen molar-refractivity contribution >= 4 is 73.0 Å². The average molecular weight is 775 g/mol. The zero-order valence-corrected chi connectivity index (χ0v) is 33.1. The van der Waals surface area contributed by atoms with E-state index in [1.807, 2.05) is 0 Å². The van der Waals surface area contributed by atoms with Crippen molar-refractivity contribution in [2.24, 2.45) is 0 Å². The summed E-state index contributed by atoms with van der Waals surface area (Å²) in [6.45, 7) is -0.00858. The lowest BCUT2D eigenvalue weighted by Crippen LogP contribution is -2.60. The number of hydrogen-bond acceptors (Lipinski definition) is 2. The molecule has 282 valence electrons. The highest BCUT2D eigenvalue weighted by Gasteiger charge is 2.52. The van der Waals surface area contributed by atoms with Crippen LogP contribution in [0.4, 0.5) is 17.1 Å². The lowest BCUT2D eigenvalue weighted by atomic mass is 9.33. The highest BCUT2D eigenvalue weighted by Crippen LogP contribution is 2.60. The maximum atomic E-state index is 6.53. The highest BCUT2D eigenvalue weighted by atomic mass is 16.3. The molecule has 1 aliphatic carbocycles. The molecule has 4 heteroatoms. The van der Waals surface area contributed by atoms with Gasteiger partial charge in [0.2, 0.25) is 0 Å². The second-order valence-electron chi connectivity index (χ2n) is 16.7. The Balaban J connectivity index is 1.14. The predicted molar refractivity (Wildman–Crippen MR) is 253 cm³/mol. The quantitative estimate of drug-likeness (QED) is 0.166. The van der Waals surface area contributed by atoms with Crippen molar-refractivity contribution in [1.29, 1.82) is 0 Å². The number of hydrogen-bond donors (Lipinski definition) is 0. The third-order valence-corrected chi connectivity index (χ3v) is 13.8. The second-order valence-corrected chi connectivity index (χ2v) is 16.7. The second kappa shape index (κ2) is 12.1. The van der Waals surface area contributed by atoms with Crippen LogP contribution in [-0.2, 0) is 5.41 Å². The van der Waals surface area contributed by atoms with Gasteiger partial charge in [-0.3, -0.25) is 0 Å². The van der Waals surface area contributed by atoms with Gasteiger partial charge in [0, 0.05) is 44.5 Å². The van der Waals surface area contributed by atoms with E-state index in [0.29, 0.717) is 0 Å². The Morgan fingerprint density at radius 1 is 0.443 bits per heavy atom. The van der Waals surface area contributed by atoms with Gasteiger partial charge in [-0.2, -0.15) is 0 Å². The minimum absolute atomic E-state index is 0.00858. The van der Waals surface area contributed by atoms with Crippen LogP contribution in [0.2, 0.25) is 0 Å². The van der Waals surface area contributed by atoms with E-state index in [4.69, 9.17) is 4.42 Å². The van der Waals surface area contributed by atoms with Gasteiger partial charge in [0.1, 0.15) is 11.2 Å². The third kappa shape index (κ3) is 4.19. The zero-order chi connectivity index (χ0) is 39.8. The fourth-order valence-electron chi connectivity index (χ4n) is 11.6. The maximum absolute atomic E-state index is 6.53. The molecule has 61 heavy (non-hydrogen) atoms. The van der Waals surface area contributed by atoms with E-state index in [0.717, 1.165) is 27.6 Å². The molecule has 0 saturated carbocycles. The lowest BCUT2D eigenvalue weighted by molar-refractivity contribution is 0.669. The van der Waals surface area contributed by atoms with Crippen molar-refractivity contribution in [3.63, 3.8) is 0 Å². The van der Waals surface area contributed by atoms with Crippen molar-refractivity contribution in [3.8, 4) is 28.1 Å². The smallest absolute Gasteiger partial charge is 0.252 e. The molecule has 0 fully saturated rings. The maximum Gasteiger partial charge on any atom is 0.252 e. The van der Waals surface area contributed by atoms with Crippen LogP contribution in [0.5, 0.6) is 0 Å². The number of anilines is 3. The normalized spacial score (nSPS) is 14.0. The third-order valence-electron chi connectivity index (χ3n) is 13.8. The summed E-state index contributed by atoms with van der Waals surface area (Å²) < 4.78 is 9.17. The van der Waals surface area contributed by atoms with Crippen LogP contribution in [0, 0.1) is 0 Å². The van der Waals surface area contributed by atoms with E-state index in [1.54, 1.807) is 0 Å². The van der Waals surface area contributed by atoms with E-state index >= 15 is 0 Å². The zero-order valence-electron chi connectivity index (χ0n) is 33.1. The van der Waals surface area contributed by atoms with Gasteiger partial charge in [-0.25, -0.2) is 0 Å². The van der Waals surface area contributed by atoms with Crippen LogP contribution >= 0.6 is 0 Å². The van der Waals surface area contributed by atoms with Crippen LogP contribution in [0.15, 0.2) is 217 Å². The minimum atomic E-state index is -0.531. The summed E-state index contributed by atoms with van der Waals surface area (Å²) in [5.41, 5.74) is 21.4. The van der Waals surface area contributed by atoms with Gasteiger partial charge in [0.15, 0.2) is 0 Å². The van der Waals surface area contributed by atoms with E-state index in [1.165, 1.54) is 89.0 Å². The summed E-state index contributed by atoms with van der Waals surface area (Å²) in [7, 11) is 0. The van der Waals surface area contributed by atoms with Crippen molar-refractivity contribution < 1.29 is 4.42 Å². The first-order valence-electron chi connectivity index (χ1n) is 21.2. The summed E-state index contributed by atoms with van der Waals surface area (Å²) in [6, 6.07) is 78.5. The molecule has 2 aliphatic heterocycles. The van der Waals surface area contributed by atoms with Crippen LogP contribution in [-0.4, -0.2) is 11.3 Å². The molecule has 0 atom stereocenters. The standard InChI is InChI=1S/C57H35BN2O/c1-4-17-36(18-5-1)37-33-34-46-45(35-37)58-44-27-14-25-42-53-56(40-23-10-12-26-43(40)57(53,38-19-6-2-7-20-38)39-21-8-3-9-22-39)60(55(42)44)49-30-15-29-48(54(49)58)59(46)47-28-16-32-51-52(47)41-24-11-13-31-50(41)61-51/h1-35H. The molecule has 4 heterocycles. The van der Waals surface area contributed by atoms with Crippen molar-refractivity contribution in [2.75, 3.05) is 4.90 Å². The molecule has 0 amide bonds. The number of aromatic nitrogens is 1. The van der Waals surface area contributed by atoms with Gasteiger partial charge < -0.3 is 13.9 Å². The Morgan fingerprint density at radius 3 is 1.90 bits per heavy atom. The Bertz CT molecular complexity index is 3570. The number of para-hydroxylation sites is 2. The minimum Gasteiger partial charge on any atom is -0.456 e. The van der Waals surface area contributed by atoms with E-state index in [2.05, 4.69) is 222 Å². The molecule has 9 aromatic carbocycles. The molecule has 14 rings (SSSR count). The van der Waals surface area contributed by atoms with E-state index in [-0.39, 0.29) is 6.71 Å². The van der Waals surface area contributed by atoms with Gasteiger partial charge in [0.05, 0.1) is 22.2 Å².